The van der Waals surface area contributed by atoms with Crippen LogP contribution in [-0.2, 0) is 51.3 Å². The van der Waals surface area contributed by atoms with Gasteiger partial charge < -0.3 is 31.1 Å². The van der Waals surface area contributed by atoms with Gasteiger partial charge in [0.15, 0.2) is 5.78 Å². The number of nitrogens with one attached hydrogen (secondary N) is 2. The average Bonchev–Trinajstić information content (AvgIpc) is 3.56. The van der Waals surface area contributed by atoms with Crippen molar-refractivity contribution in [2.45, 2.75) is 57.2 Å². The van der Waals surface area contributed by atoms with E-state index in [9.17, 15) is 63.6 Å². The van der Waals surface area contributed by atoms with E-state index in [1.165, 1.54) is 0 Å². The molecule has 4 amide bonds. The summed E-state index contributed by atoms with van der Waals surface area (Å²) in [5.41, 5.74) is 1.82. The number of ketones is 1. The van der Waals surface area contributed by atoms with Gasteiger partial charge in [-0.05, 0) is 48.9 Å². The predicted octanol–water partition coefficient (Wildman–Crippen LogP) is 0.0171. The molecule has 20 heteroatoms. The molecule has 2 atom stereocenters. The van der Waals surface area contributed by atoms with Gasteiger partial charge >= 0.3 is 23.9 Å². The molecule has 0 saturated carbocycles. The Morgan fingerprint density at radius 1 is 0.562 bits per heavy atom. The number of carboxylic acids is 4. The fourth-order valence-corrected chi connectivity index (χ4v) is 7.35. The molecule has 64 heavy (non-hydrogen) atoms. The number of hydrogen-bond donors (Lipinski definition) is 6. The molecule has 2 aromatic carbocycles. The Hall–Kier alpha value is -6.35. The molecule has 346 valence electrons. The van der Waals surface area contributed by atoms with Crippen molar-refractivity contribution in [2.24, 2.45) is 0 Å². The van der Waals surface area contributed by atoms with Gasteiger partial charge in [-0.2, -0.15) is 0 Å². The summed E-state index contributed by atoms with van der Waals surface area (Å²) in [5.74, 6) is -6.89. The number of hydrogen-bond acceptors (Lipinski definition) is 13. The molecule has 0 radical (unpaired) electrons. The largest absolute Gasteiger partial charge is 0.480 e. The second-order valence-electron chi connectivity index (χ2n) is 15.8. The van der Waals surface area contributed by atoms with Crippen molar-refractivity contribution in [1.82, 2.24) is 35.1 Å². The Morgan fingerprint density at radius 2 is 1.06 bits per heavy atom. The van der Waals surface area contributed by atoms with Gasteiger partial charge in [0.2, 0.25) is 5.91 Å². The van der Waals surface area contributed by atoms with Gasteiger partial charge in [-0.1, -0.05) is 42.5 Å². The first-order chi connectivity index (χ1) is 30.6. The van der Waals surface area contributed by atoms with Gasteiger partial charge in [-0.15, -0.1) is 0 Å². The Kier molecular flexibility index (Phi) is 20.2. The molecule has 4 rings (SSSR count). The van der Waals surface area contributed by atoms with Gasteiger partial charge in [0.1, 0.15) is 6.04 Å². The minimum Gasteiger partial charge on any atom is -0.480 e. The SMILES string of the molecule is O=C(O)CN1CCN(CC(=O)O)CCN(Cc2ccc(C(=O)NC(Cc3ccccc3)C(=O)CCC(=O)NC(CCCCN3C(=O)C=CC3=O)C(=O)O)cc2)CCN(CC(=O)O)CC1. The van der Waals surface area contributed by atoms with Crippen LogP contribution in [0.15, 0.2) is 66.7 Å². The zero-order valence-corrected chi connectivity index (χ0v) is 35.6. The highest BCUT2D eigenvalue weighted by Gasteiger charge is 2.27. The summed E-state index contributed by atoms with van der Waals surface area (Å²) in [6.45, 7) is 2.39. The van der Waals surface area contributed by atoms with Gasteiger partial charge in [-0.25, -0.2) is 4.79 Å². The lowest BCUT2D eigenvalue weighted by Crippen LogP contribution is -2.48. The highest BCUT2D eigenvalue weighted by molar-refractivity contribution is 6.12. The highest BCUT2D eigenvalue weighted by Crippen LogP contribution is 2.13. The monoisotopic (exact) mass is 891 g/mol. The lowest BCUT2D eigenvalue weighted by molar-refractivity contribution is -0.142. The van der Waals surface area contributed by atoms with Crippen molar-refractivity contribution in [3.8, 4) is 0 Å². The number of Topliss-reactive ketones (excluding diaryl/α,β-unsaturated/α-hetero) is 1. The molecular weight excluding hydrogens is 835 g/mol. The standard InChI is InChI=1S/C44H57N7O13/c52-36(13-14-37(53)45-34(44(63)64)8-4-5-17-51-38(54)15-16-39(51)55)35(26-31-6-2-1-3-7-31)46-43(62)33-11-9-32(10-12-33)27-47-18-20-48(28-40(56)57)22-24-50(30-42(60)61)25-23-49(21-19-47)29-41(58)59/h1-3,6-7,9-12,15-16,34-35H,4-5,8,13-14,17-30H2,(H,45,53)(H,46,62)(H,56,57)(H,58,59)(H,60,61)(H,63,64). The first-order valence-electron chi connectivity index (χ1n) is 21.1. The summed E-state index contributed by atoms with van der Waals surface area (Å²) < 4.78 is 0. The number of carbonyl (C=O) groups is 9. The number of rotatable bonds is 23. The summed E-state index contributed by atoms with van der Waals surface area (Å²) in [6.07, 6.45) is 2.51. The molecule has 0 aliphatic carbocycles. The van der Waals surface area contributed by atoms with Crippen LogP contribution in [0.4, 0.5) is 0 Å². The number of imide groups is 1. The van der Waals surface area contributed by atoms with Crippen LogP contribution in [0.1, 0.15) is 53.6 Å². The Morgan fingerprint density at radius 3 is 1.55 bits per heavy atom. The molecule has 2 aliphatic heterocycles. The summed E-state index contributed by atoms with van der Waals surface area (Å²) in [6, 6.07) is 13.4. The lowest BCUT2D eigenvalue weighted by atomic mass is 9.98. The van der Waals surface area contributed by atoms with Gasteiger partial charge in [0.25, 0.3) is 17.7 Å². The van der Waals surface area contributed by atoms with E-state index in [2.05, 4.69) is 15.5 Å². The number of carboxylic acid groups (broad SMARTS) is 4. The normalized spacial score (nSPS) is 16.9. The van der Waals surface area contributed by atoms with Gasteiger partial charge in [0.05, 0.1) is 25.7 Å². The minimum atomic E-state index is -1.27. The van der Waals surface area contributed by atoms with E-state index in [1.54, 1.807) is 69.3 Å². The number of carbonyl (C=O) groups excluding carboxylic acids is 5. The summed E-state index contributed by atoms with van der Waals surface area (Å²) in [7, 11) is 0. The number of nitrogens with zero attached hydrogens (tertiary/aromatic N) is 5. The van der Waals surface area contributed by atoms with Gasteiger partial charge in [-0.3, -0.25) is 62.9 Å². The molecule has 0 bridgehead atoms. The van der Waals surface area contributed by atoms with Crippen LogP contribution < -0.4 is 10.6 Å². The maximum Gasteiger partial charge on any atom is 0.326 e. The number of benzene rings is 2. The van der Waals surface area contributed by atoms with Crippen molar-refractivity contribution in [3.63, 3.8) is 0 Å². The molecule has 2 aromatic rings. The lowest BCUT2D eigenvalue weighted by Gasteiger charge is -2.33. The Labute approximate surface area is 370 Å². The third-order valence-corrected chi connectivity index (χ3v) is 10.9. The molecule has 2 heterocycles. The van der Waals surface area contributed by atoms with Crippen LogP contribution in [0.25, 0.3) is 0 Å². The first-order valence-corrected chi connectivity index (χ1v) is 21.1. The second-order valence-corrected chi connectivity index (χ2v) is 15.8. The molecule has 20 nitrogen and oxygen atoms in total. The maximum atomic E-state index is 13.6. The van der Waals surface area contributed by atoms with Crippen LogP contribution in [-0.4, -0.2) is 189 Å². The average molecular weight is 892 g/mol. The molecule has 0 aromatic heterocycles. The van der Waals surface area contributed by atoms with E-state index in [4.69, 9.17) is 0 Å². The molecule has 2 aliphatic rings. The Bertz CT molecular complexity index is 1950. The number of aliphatic carboxylic acids is 4. The van der Waals surface area contributed by atoms with Gasteiger partial charge in [0, 0.05) is 96.0 Å². The van der Waals surface area contributed by atoms with Crippen molar-refractivity contribution in [1.29, 1.82) is 0 Å². The van der Waals surface area contributed by atoms with E-state index in [0.717, 1.165) is 28.2 Å². The van der Waals surface area contributed by atoms with E-state index in [-0.39, 0.29) is 83.6 Å². The predicted molar refractivity (Wildman–Crippen MR) is 229 cm³/mol. The van der Waals surface area contributed by atoms with E-state index in [0.29, 0.717) is 45.6 Å². The van der Waals surface area contributed by atoms with Crippen molar-refractivity contribution < 1.29 is 63.6 Å². The summed E-state index contributed by atoms with van der Waals surface area (Å²) >= 11 is 0. The van der Waals surface area contributed by atoms with Crippen molar-refractivity contribution in [3.05, 3.63) is 83.4 Å². The van der Waals surface area contributed by atoms with E-state index < -0.39 is 65.4 Å². The number of amides is 4. The van der Waals surface area contributed by atoms with Crippen LogP contribution >= 0.6 is 0 Å². The fraction of sp³-hybridized carbons (Fsp3) is 0.477. The summed E-state index contributed by atoms with van der Waals surface area (Å²) in [5, 5.41) is 43.4. The molecule has 2 unspecified atom stereocenters. The zero-order chi connectivity index (χ0) is 46.6. The van der Waals surface area contributed by atoms with E-state index >= 15 is 0 Å². The fourth-order valence-electron chi connectivity index (χ4n) is 7.35. The topological polar surface area (TPSA) is 275 Å². The third-order valence-electron chi connectivity index (χ3n) is 10.9. The van der Waals surface area contributed by atoms with Crippen molar-refractivity contribution in [2.75, 3.05) is 78.5 Å². The van der Waals surface area contributed by atoms with Crippen LogP contribution in [0, 0.1) is 0 Å². The van der Waals surface area contributed by atoms with Crippen LogP contribution in [0.5, 0.6) is 0 Å². The molecule has 1 saturated heterocycles. The quantitative estimate of drug-likeness (QED) is 0.0634. The maximum absolute atomic E-state index is 13.6. The van der Waals surface area contributed by atoms with Crippen LogP contribution in [0.3, 0.4) is 0 Å². The first kappa shape index (κ1) is 50.3. The molecule has 1 fully saturated rings. The highest BCUT2D eigenvalue weighted by atomic mass is 16.4. The molecule has 0 spiro atoms. The molecule has 6 N–H and O–H groups in total. The third kappa shape index (κ3) is 17.8. The summed E-state index contributed by atoms with van der Waals surface area (Å²) in [4.78, 5) is 119. The molecular formula is C44H57N7O13. The Balaban J connectivity index is 1.37. The zero-order valence-electron chi connectivity index (χ0n) is 35.6. The van der Waals surface area contributed by atoms with Crippen molar-refractivity contribution >= 4 is 53.3 Å². The van der Waals surface area contributed by atoms with E-state index in [1.807, 2.05) is 0 Å². The smallest absolute Gasteiger partial charge is 0.326 e. The number of unbranched alkanes of at least 4 members (excludes halogenated alkanes) is 1. The second kappa shape index (κ2) is 25.7. The van der Waals surface area contributed by atoms with Crippen LogP contribution in [0.2, 0.25) is 0 Å². The minimum absolute atomic E-state index is 0.0372.